The number of aromatic nitrogens is 3. The fraction of sp³-hybridized carbons (Fsp3) is 0.111. The van der Waals surface area contributed by atoms with Gasteiger partial charge in [0.15, 0.2) is 0 Å². The molecule has 7 nitrogen and oxygen atoms in total. The molecule has 0 saturated heterocycles. The van der Waals surface area contributed by atoms with Crippen molar-refractivity contribution in [2.45, 2.75) is 4.90 Å². The number of pyridine rings is 1. The Hall–Kier alpha value is -2.09. The quantitative estimate of drug-likeness (QED) is 0.813. The average molecular weight is 253 g/mol. The number of hydrogen-bond acceptors (Lipinski definition) is 5. The van der Waals surface area contributed by atoms with Gasteiger partial charge < -0.3 is 5.73 Å². The molecule has 0 amide bonds. The molecule has 2 aromatic heterocycles. The summed E-state index contributed by atoms with van der Waals surface area (Å²) in [6.07, 6.45) is 2.68. The van der Waals surface area contributed by atoms with Crippen molar-refractivity contribution in [1.29, 1.82) is 0 Å². The Bertz CT molecular complexity index is 607. The molecule has 0 aliphatic heterocycles. The highest BCUT2D eigenvalue weighted by molar-refractivity contribution is 7.93. The van der Waals surface area contributed by atoms with Gasteiger partial charge in [0.05, 0.1) is 6.20 Å². The maximum Gasteiger partial charge on any atom is 0.270 e. The minimum atomic E-state index is -3.73. The highest BCUT2D eigenvalue weighted by Gasteiger charge is 2.25. The molecule has 0 aromatic carbocycles. The standard InChI is InChI=1S/C9H11N5O2S/c1-14(8-4-2-3-5-11-8)17(15,16)7-6-12-13-9(7)10/h2-6H,1H3,(H3,10,12,13). The van der Waals surface area contributed by atoms with Gasteiger partial charge >= 0.3 is 0 Å². The summed E-state index contributed by atoms with van der Waals surface area (Å²) in [5, 5.41) is 5.97. The Morgan fingerprint density at radius 3 is 2.71 bits per heavy atom. The van der Waals surface area contributed by atoms with Crippen LogP contribution in [-0.4, -0.2) is 30.6 Å². The van der Waals surface area contributed by atoms with Crippen molar-refractivity contribution in [3.05, 3.63) is 30.6 Å². The Morgan fingerprint density at radius 2 is 2.18 bits per heavy atom. The van der Waals surface area contributed by atoms with Crippen LogP contribution < -0.4 is 10.0 Å². The number of nitrogens with one attached hydrogen (secondary N) is 1. The number of anilines is 2. The van der Waals surface area contributed by atoms with Gasteiger partial charge in [0, 0.05) is 13.2 Å². The van der Waals surface area contributed by atoms with E-state index in [1.807, 2.05) is 0 Å². The number of aromatic amines is 1. The van der Waals surface area contributed by atoms with Crippen LogP contribution in [0.5, 0.6) is 0 Å². The highest BCUT2D eigenvalue weighted by Crippen LogP contribution is 2.22. The van der Waals surface area contributed by atoms with E-state index in [0.29, 0.717) is 5.82 Å². The van der Waals surface area contributed by atoms with Gasteiger partial charge in [-0.1, -0.05) is 6.07 Å². The number of rotatable bonds is 3. The summed E-state index contributed by atoms with van der Waals surface area (Å²) in [5.41, 5.74) is 5.50. The number of nitrogens with zero attached hydrogens (tertiary/aromatic N) is 3. The Labute approximate surface area is 98.3 Å². The summed E-state index contributed by atoms with van der Waals surface area (Å²) in [5.74, 6) is 0.320. The van der Waals surface area contributed by atoms with Gasteiger partial charge in [-0.15, -0.1) is 0 Å². The van der Waals surface area contributed by atoms with Crippen LogP contribution in [0.3, 0.4) is 0 Å². The highest BCUT2D eigenvalue weighted by atomic mass is 32.2. The van der Waals surface area contributed by atoms with Crippen LogP contribution in [0.15, 0.2) is 35.5 Å². The monoisotopic (exact) mass is 253 g/mol. The molecule has 90 valence electrons. The number of sulfonamides is 1. The largest absolute Gasteiger partial charge is 0.383 e. The van der Waals surface area contributed by atoms with E-state index < -0.39 is 10.0 Å². The summed E-state index contributed by atoms with van der Waals surface area (Å²) < 4.78 is 25.4. The van der Waals surface area contributed by atoms with E-state index in [0.717, 1.165) is 4.31 Å². The molecule has 2 aromatic rings. The van der Waals surface area contributed by atoms with Crippen LogP contribution in [0.2, 0.25) is 0 Å². The fourth-order valence-corrected chi connectivity index (χ4v) is 2.46. The van der Waals surface area contributed by atoms with Crippen molar-refractivity contribution in [3.63, 3.8) is 0 Å². The van der Waals surface area contributed by atoms with Gasteiger partial charge in [0.1, 0.15) is 16.5 Å². The summed E-state index contributed by atoms with van der Waals surface area (Å²) in [4.78, 5) is 3.90. The van der Waals surface area contributed by atoms with Crippen molar-refractivity contribution in [2.24, 2.45) is 0 Å². The number of nitrogen functional groups attached to an aromatic ring is 1. The lowest BCUT2D eigenvalue weighted by molar-refractivity contribution is 0.594. The van der Waals surface area contributed by atoms with E-state index in [1.165, 1.54) is 19.4 Å². The first-order chi connectivity index (χ1) is 8.03. The number of hydrogen-bond donors (Lipinski definition) is 2. The van der Waals surface area contributed by atoms with Crippen molar-refractivity contribution in [2.75, 3.05) is 17.1 Å². The third-order valence-corrected chi connectivity index (χ3v) is 4.03. The van der Waals surface area contributed by atoms with Crippen LogP contribution >= 0.6 is 0 Å². The molecular weight excluding hydrogens is 242 g/mol. The number of H-pyrrole nitrogens is 1. The second kappa shape index (κ2) is 4.06. The lowest BCUT2D eigenvalue weighted by atomic mass is 10.5. The van der Waals surface area contributed by atoms with E-state index in [9.17, 15) is 8.42 Å². The van der Waals surface area contributed by atoms with Crippen LogP contribution in [0, 0.1) is 0 Å². The molecule has 2 heterocycles. The molecular formula is C9H11N5O2S. The second-order valence-electron chi connectivity index (χ2n) is 3.31. The van der Waals surface area contributed by atoms with E-state index >= 15 is 0 Å². The van der Waals surface area contributed by atoms with Gasteiger partial charge in [-0.05, 0) is 12.1 Å². The molecule has 3 N–H and O–H groups in total. The Kier molecular flexibility index (Phi) is 2.72. The van der Waals surface area contributed by atoms with Crippen molar-refractivity contribution >= 4 is 21.7 Å². The molecule has 0 aliphatic rings. The summed E-state index contributed by atoms with van der Waals surface area (Å²) in [6.45, 7) is 0. The lowest BCUT2D eigenvalue weighted by Crippen LogP contribution is -2.27. The molecule has 2 rings (SSSR count). The van der Waals surface area contributed by atoms with Gasteiger partial charge in [0.25, 0.3) is 10.0 Å². The normalized spacial score (nSPS) is 11.4. The Morgan fingerprint density at radius 1 is 1.41 bits per heavy atom. The zero-order chi connectivity index (χ0) is 12.5. The summed E-state index contributed by atoms with van der Waals surface area (Å²) in [6, 6.07) is 5.00. The predicted octanol–water partition coefficient (Wildman–Crippen LogP) is 0.212. The Balaban J connectivity index is 2.45. The molecule has 8 heteroatoms. The van der Waals surface area contributed by atoms with Crippen molar-refractivity contribution in [3.8, 4) is 0 Å². The third-order valence-electron chi connectivity index (χ3n) is 2.24. The van der Waals surface area contributed by atoms with Crippen LogP contribution in [-0.2, 0) is 10.0 Å². The maximum absolute atomic E-state index is 12.2. The summed E-state index contributed by atoms with van der Waals surface area (Å²) in [7, 11) is -2.32. The molecule has 17 heavy (non-hydrogen) atoms. The van der Waals surface area contributed by atoms with E-state index in [4.69, 9.17) is 5.73 Å². The zero-order valence-electron chi connectivity index (χ0n) is 9.03. The van der Waals surface area contributed by atoms with Gasteiger partial charge in [0.2, 0.25) is 0 Å². The van der Waals surface area contributed by atoms with Crippen LogP contribution in [0.4, 0.5) is 11.6 Å². The van der Waals surface area contributed by atoms with E-state index in [2.05, 4.69) is 15.2 Å². The molecule has 0 atom stereocenters. The van der Waals surface area contributed by atoms with Gasteiger partial charge in [-0.2, -0.15) is 5.10 Å². The topological polar surface area (TPSA) is 105 Å². The van der Waals surface area contributed by atoms with Crippen molar-refractivity contribution < 1.29 is 8.42 Å². The SMILES string of the molecule is CN(c1ccccn1)S(=O)(=O)c1cn[nH]c1N. The maximum atomic E-state index is 12.2. The third kappa shape index (κ3) is 1.94. The smallest absolute Gasteiger partial charge is 0.270 e. The first-order valence-corrected chi connectivity index (χ1v) is 6.16. The van der Waals surface area contributed by atoms with Gasteiger partial charge in [-0.3, -0.25) is 9.40 Å². The molecule has 0 radical (unpaired) electrons. The first-order valence-electron chi connectivity index (χ1n) is 4.72. The zero-order valence-corrected chi connectivity index (χ0v) is 9.85. The second-order valence-corrected chi connectivity index (χ2v) is 5.25. The van der Waals surface area contributed by atoms with Gasteiger partial charge in [-0.25, -0.2) is 13.4 Å². The van der Waals surface area contributed by atoms with E-state index in [-0.39, 0.29) is 10.7 Å². The number of nitrogens with two attached hydrogens (primary N) is 1. The minimum Gasteiger partial charge on any atom is -0.383 e. The molecule has 0 spiro atoms. The van der Waals surface area contributed by atoms with Crippen molar-refractivity contribution in [1.82, 2.24) is 15.2 Å². The predicted molar refractivity (Wildman–Crippen MR) is 62.8 cm³/mol. The molecule has 0 saturated carbocycles. The lowest BCUT2D eigenvalue weighted by Gasteiger charge is -2.17. The minimum absolute atomic E-state index is 0.00720. The molecule has 0 fully saturated rings. The fourth-order valence-electron chi connectivity index (χ4n) is 1.30. The molecule has 0 unspecified atom stereocenters. The van der Waals surface area contributed by atoms with Crippen LogP contribution in [0.25, 0.3) is 0 Å². The first kappa shape index (κ1) is 11.4. The van der Waals surface area contributed by atoms with Crippen LogP contribution in [0.1, 0.15) is 0 Å². The average Bonchev–Trinajstić information content (AvgIpc) is 2.76. The van der Waals surface area contributed by atoms with E-state index in [1.54, 1.807) is 18.2 Å². The molecule has 0 aliphatic carbocycles. The molecule has 0 bridgehead atoms. The summed E-state index contributed by atoms with van der Waals surface area (Å²) >= 11 is 0.